The smallest absolute Gasteiger partial charge is 0.247 e. The Kier molecular flexibility index (Phi) is 2.87. The van der Waals surface area contributed by atoms with Crippen LogP contribution >= 0.6 is 11.3 Å². The molecule has 88 valence electrons. The fourth-order valence-corrected chi connectivity index (χ4v) is 3.11. The third-order valence-corrected chi connectivity index (χ3v) is 3.99. The molecule has 0 aliphatic rings. The van der Waals surface area contributed by atoms with E-state index >= 15 is 0 Å². The van der Waals surface area contributed by atoms with Gasteiger partial charge in [0.25, 0.3) is 0 Å². The molecule has 2 rings (SSSR count). The van der Waals surface area contributed by atoms with Gasteiger partial charge in [-0.05, 0) is 18.2 Å². The normalized spacial score (nSPS) is 11.2. The summed E-state index contributed by atoms with van der Waals surface area (Å²) in [6.45, 7) is 0. The second-order valence-corrected chi connectivity index (χ2v) is 6.02. The number of aromatic nitrogens is 1. The van der Waals surface area contributed by atoms with E-state index in [9.17, 15) is 8.42 Å². The van der Waals surface area contributed by atoms with Gasteiger partial charge in [-0.3, -0.25) is 4.72 Å². The molecule has 0 fully saturated rings. The van der Waals surface area contributed by atoms with E-state index in [1.165, 1.54) is 11.3 Å². The summed E-state index contributed by atoms with van der Waals surface area (Å²) in [7, 11) is -3.64. The highest BCUT2D eigenvalue weighted by atomic mass is 32.2. The first-order chi connectivity index (χ1) is 8.00. The van der Waals surface area contributed by atoms with Gasteiger partial charge in [-0.2, -0.15) is 5.26 Å². The Hall–Kier alpha value is -1.85. The molecule has 17 heavy (non-hydrogen) atoms. The third-order valence-electron chi connectivity index (χ3n) is 1.91. The molecule has 8 heteroatoms. The molecular formula is C9H8N4O2S2. The van der Waals surface area contributed by atoms with Crippen LogP contribution in [0.3, 0.4) is 0 Å². The molecule has 2 aromatic rings. The average Bonchev–Trinajstić information content (AvgIpc) is 2.57. The highest BCUT2D eigenvalue weighted by Gasteiger charge is 2.12. The van der Waals surface area contributed by atoms with Gasteiger partial charge in [0.2, 0.25) is 10.0 Å². The lowest BCUT2D eigenvalue weighted by Gasteiger charge is -1.98. The number of nitrogens with one attached hydrogen (secondary N) is 1. The van der Waals surface area contributed by atoms with Crippen molar-refractivity contribution in [3.8, 4) is 6.07 Å². The van der Waals surface area contributed by atoms with E-state index in [0.29, 0.717) is 11.2 Å². The molecule has 0 radical (unpaired) electrons. The minimum absolute atomic E-state index is 0.237. The molecule has 1 aromatic heterocycles. The predicted molar refractivity (Wildman–Crippen MR) is 67.1 cm³/mol. The van der Waals surface area contributed by atoms with Crippen molar-refractivity contribution < 1.29 is 8.42 Å². The molecule has 0 aliphatic heterocycles. The molecule has 0 bridgehead atoms. The summed E-state index contributed by atoms with van der Waals surface area (Å²) in [5, 5.41) is 8.59. The van der Waals surface area contributed by atoms with Crippen molar-refractivity contribution in [3.05, 3.63) is 18.2 Å². The summed E-state index contributed by atoms with van der Waals surface area (Å²) >= 11 is 1.17. The summed E-state index contributed by atoms with van der Waals surface area (Å²) in [5.41, 5.74) is 6.86. The van der Waals surface area contributed by atoms with Crippen LogP contribution in [0.4, 0.5) is 10.8 Å². The second kappa shape index (κ2) is 4.20. The number of fused-ring (bicyclic) bond motifs is 1. The Morgan fingerprint density at radius 3 is 3.00 bits per heavy atom. The lowest BCUT2D eigenvalue weighted by molar-refractivity contribution is 0.604. The number of nitrogens with zero attached hydrogens (tertiary/aromatic N) is 2. The average molecular weight is 268 g/mol. The third kappa shape index (κ3) is 2.64. The Morgan fingerprint density at radius 1 is 1.53 bits per heavy atom. The number of nitrogens with two attached hydrogens (primary N) is 1. The lowest BCUT2D eigenvalue weighted by Crippen LogP contribution is -2.15. The number of benzene rings is 1. The van der Waals surface area contributed by atoms with Gasteiger partial charge in [0.15, 0.2) is 10.9 Å². The maximum Gasteiger partial charge on any atom is 0.247 e. The zero-order valence-corrected chi connectivity index (χ0v) is 10.2. The number of sulfonamides is 1. The van der Waals surface area contributed by atoms with Crippen LogP contribution in [0.25, 0.3) is 10.2 Å². The Labute approximate surface area is 102 Å². The monoisotopic (exact) mass is 268 g/mol. The van der Waals surface area contributed by atoms with Crippen LogP contribution < -0.4 is 10.5 Å². The second-order valence-electron chi connectivity index (χ2n) is 3.27. The maximum atomic E-state index is 11.4. The van der Waals surface area contributed by atoms with E-state index in [-0.39, 0.29) is 5.13 Å². The lowest BCUT2D eigenvalue weighted by atomic mass is 10.3. The van der Waals surface area contributed by atoms with Crippen molar-refractivity contribution in [2.45, 2.75) is 0 Å². The van der Waals surface area contributed by atoms with Gasteiger partial charge in [0, 0.05) is 5.69 Å². The van der Waals surface area contributed by atoms with Crippen LogP contribution in [0, 0.1) is 11.3 Å². The van der Waals surface area contributed by atoms with Crippen LogP contribution in [0.5, 0.6) is 0 Å². The number of thiazole rings is 1. The molecule has 0 unspecified atom stereocenters. The minimum Gasteiger partial charge on any atom is -0.399 e. The van der Waals surface area contributed by atoms with Crippen LogP contribution in [-0.2, 0) is 10.0 Å². The van der Waals surface area contributed by atoms with Crippen molar-refractivity contribution >= 4 is 42.4 Å². The zero-order chi connectivity index (χ0) is 12.5. The molecule has 0 atom stereocenters. The molecule has 0 aliphatic carbocycles. The topological polar surface area (TPSA) is 109 Å². The number of anilines is 2. The highest BCUT2D eigenvalue weighted by Crippen LogP contribution is 2.27. The summed E-state index contributed by atoms with van der Waals surface area (Å²) in [4.78, 5) is 4.08. The quantitative estimate of drug-likeness (QED) is 0.811. The molecule has 0 saturated carbocycles. The van der Waals surface area contributed by atoms with E-state index in [0.717, 1.165) is 4.70 Å². The molecule has 1 heterocycles. The van der Waals surface area contributed by atoms with E-state index < -0.39 is 15.8 Å². The van der Waals surface area contributed by atoms with Crippen molar-refractivity contribution in [1.29, 1.82) is 5.26 Å². The van der Waals surface area contributed by atoms with Crippen LogP contribution in [-0.4, -0.2) is 19.2 Å². The van der Waals surface area contributed by atoms with Crippen molar-refractivity contribution in [2.24, 2.45) is 0 Å². The summed E-state index contributed by atoms with van der Waals surface area (Å²) < 4.78 is 25.7. The molecule has 6 nitrogen and oxygen atoms in total. The number of hydrogen-bond donors (Lipinski definition) is 2. The molecule has 0 amide bonds. The maximum absolute atomic E-state index is 11.4. The molecular weight excluding hydrogens is 260 g/mol. The first-order valence-electron chi connectivity index (χ1n) is 4.54. The summed E-state index contributed by atoms with van der Waals surface area (Å²) in [6.07, 6.45) is 0. The van der Waals surface area contributed by atoms with Gasteiger partial charge in [-0.25, -0.2) is 13.4 Å². The highest BCUT2D eigenvalue weighted by molar-refractivity contribution is 7.93. The first kappa shape index (κ1) is 11.6. The number of rotatable bonds is 3. The molecule has 3 N–H and O–H groups in total. The van der Waals surface area contributed by atoms with Gasteiger partial charge in [0.1, 0.15) is 0 Å². The SMILES string of the molecule is N#CCS(=O)(=O)Nc1nc2ccc(N)cc2s1. The molecule has 0 spiro atoms. The van der Waals surface area contributed by atoms with Crippen LogP contribution in [0.2, 0.25) is 0 Å². The summed E-state index contributed by atoms with van der Waals surface area (Å²) in [6, 6.07) is 6.70. The van der Waals surface area contributed by atoms with Crippen LogP contribution in [0.1, 0.15) is 0 Å². The Balaban J connectivity index is 2.35. The van der Waals surface area contributed by atoms with Crippen molar-refractivity contribution in [1.82, 2.24) is 4.98 Å². The number of nitriles is 1. The molecule has 1 aromatic carbocycles. The van der Waals surface area contributed by atoms with Gasteiger partial charge >= 0.3 is 0 Å². The van der Waals surface area contributed by atoms with Gasteiger partial charge < -0.3 is 5.73 Å². The first-order valence-corrected chi connectivity index (χ1v) is 7.00. The van der Waals surface area contributed by atoms with E-state index in [1.54, 1.807) is 24.3 Å². The number of nitrogen functional groups attached to an aromatic ring is 1. The van der Waals surface area contributed by atoms with Crippen molar-refractivity contribution in [2.75, 3.05) is 16.2 Å². The predicted octanol–water partition coefficient (Wildman–Crippen LogP) is 1.14. The number of hydrogen-bond acceptors (Lipinski definition) is 6. The zero-order valence-electron chi connectivity index (χ0n) is 8.54. The largest absolute Gasteiger partial charge is 0.399 e. The van der Waals surface area contributed by atoms with Gasteiger partial charge in [-0.1, -0.05) is 11.3 Å². The van der Waals surface area contributed by atoms with Crippen molar-refractivity contribution in [3.63, 3.8) is 0 Å². The fraction of sp³-hybridized carbons (Fsp3) is 0.111. The van der Waals surface area contributed by atoms with E-state index in [1.807, 2.05) is 0 Å². The Morgan fingerprint density at radius 2 is 2.29 bits per heavy atom. The Bertz CT molecular complexity index is 699. The standard InChI is InChI=1S/C9H8N4O2S2/c10-3-4-17(14,15)13-9-12-7-2-1-6(11)5-8(7)16-9/h1-2,5H,4,11H2,(H,12,13). The minimum atomic E-state index is -3.64. The van der Waals surface area contributed by atoms with E-state index in [2.05, 4.69) is 9.71 Å². The van der Waals surface area contributed by atoms with E-state index in [4.69, 9.17) is 11.0 Å². The van der Waals surface area contributed by atoms with Gasteiger partial charge in [-0.15, -0.1) is 0 Å². The summed E-state index contributed by atoms with van der Waals surface area (Å²) in [5.74, 6) is -0.592. The van der Waals surface area contributed by atoms with Gasteiger partial charge in [0.05, 0.1) is 16.3 Å². The molecule has 0 saturated heterocycles. The fourth-order valence-electron chi connectivity index (χ4n) is 1.24. The van der Waals surface area contributed by atoms with Crippen LogP contribution in [0.15, 0.2) is 18.2 Å².